The van der Waals surface area contributed by atoms with Gasteiger partial charge < -0.3 is 5.32 Å². The minimum Gasteiger partial charge on any atom is -0.338 e. The van der Waals surface area contributed by atoms with E-state index in [-0.39, 0.29) is 22.6 Å². The first-order valence-electron chi connectivity index (χ1n) is 6.12. The molecule has 118 valence electrons. The zero-order valence-corrected chi connectivity index (χ0v) is 12.4. The van der Waals surface area contributed by atoms with E-state index in [1.54, 1.807) is 5.38 Å². The molecule has 1 unspecified atom stereocenters. The van der Waals surface area contributed by atoms with E-state index in [0.29, 0.717) is 0 Å². The molecule has 2 aromatic heterocycles. The summed E-state index contributed by atoms with van der Waals surface area (Å²) >= 11 is 0.973. The largest absolute Gasteiger partial charge is 0.413 e. The quantitative estimate of drug-likeness (QED) is 0.900. The summed E-state index contributed by atoms with van der Waals surface area (Å²) in [6, 6.07) is 0.972. The maximum Gasteiger partial charge on any atom is 0.413 e. The number of carbonyl (C=O) groups is 1. The Bertz CT molecular complexity index is 659. The summed E-state index contributed by atoms with van der Waals surface area (Å²) in [6.07, 6.45) is -4.51. The number of carbonyl (C=O) groups excluding carboxylic acids is 1. The lowest BCUT2D eigenvalue weighted by Gasteiger charge is -2.20. The van der Waals surface area contributed by atoms with Crippen LogP contribution in [-0.4, -0.2) is 27.0 Å². The number of hydrogen-bond donors (Lipinski definition) is 2. The number of nitrogens with one attached hydrogen (secondary N) is 2. The van der Waals surface area contributed by atoms with E-state index in [1.165, 1.54) is 26.0 Å². The van der Waals surface area contributed by atoms with Crippen LogP contribution in [0.1, 0.15) is 23.7 Å². The van der Waals surface area contributed by atoms with Crippen molar-refractivity contribution in [3.05, 3.63) is 28.2 Å². The van der Waals surface area contributed by atoms with E-state index in [0.717, 1.165) is 11.3 Å². The summed E-state index contributed by atoms with van der Waals surface area (Å²) in [4.78, 5) is 22.5. The van der Waals surface area contributed by atoms with Crippen molar-refractivity contribution >= 4 is 29.1 Å². The Morgan fingerprint density at radius 3 is 2.50 bits per heavy atom. The number of halogens is 3. The van der Waals surface area contributed by atoms with Crippen LogP contribution < -0.4 is 10.6 Å². The van der Waals surface area contributed by atoms with E-state index < -0.39 is 18.1 Å². The predicted molar refractivity (Wildman–Crippen MR) is 75.6 cm³/mol. The third-order valence-electron chi connectivity index (χ3n) is 2.46. The standard InChI is InChI=1S/C12H12F3N5OS/c1-6-16-10(18-7(2)21)20-11(17-6)19-9(12(13,14)15)8-4-3-5-22-8/h3-5,9H,1-2H3,(H2,16,17,18,19,20,21). The van der Waals surface area contributed by atoms with E-state index >= 15 is 0 Å². The Morgan fingerprint density at radius 1 is 1.27 bits per heavy atom. The van der Waals surface area contributed by atoms with Crippen molar-refractivity contribution in [1.82, 2.24) is 15.0 Å². The van der Waals surface area contributed by atoms with Gasteiger partial charge in [0.15, 0.2) is 6.04 Å². The average molecular weight is 331 g/mol. The van der Waals surface area contributed by atoms with Gasteiger partial charge in [0.1, 0.15) is 5.82 Å². The number of anilines is 2. The van der Waals surface area contributed by atoms with Crippen molar-refractivity contribution in [2.45, 2.75) is 26.1 Å². The molecule has 0 bridgehead atoms. The maximum atomic E-state index is 13.2. The third kappa shape index (κ3) is 4.13. The number of amides is 1. The van der Waals surface area contributed by atoms with Gasteiger partial charge in [-0.1, -0.05) is 6.07 Å². The van der Waals surface area contributed by atoms with E-state index in [9.17, 15) is 18.0 Å². The fourth-order valence-electron chi connectivity index (χ4n) is 1.66. The lowest BCUT2D eigenvalue weighted by atomic mass is 10.2. The van der Waals surface area contributed by atoms with Crippen LogP contribution >= 0.6 is 11.3 Å². The molecule has 2 heterocycles. The molecule has 10 heteroatoms. The zero-order chi connectivity index (χ0) is 16.3. The van der Waals surface area contributed by atoms with Crippen molar-refractivity contribution in [1.29, 1.82) is 0 Å². The SMILES string of the molecule is CC(=O)Nc1nc(C)nc(NC(c2cccs2)C(F)(F)F)n1. The lowest BCUT2D eigenvalue weighted by molar-refractivity contribution is -0.143. The van der Waals surface area contributed by atoms with Crippen molar-refractivity contribution in [2.24, 2.45) is 0 Å². The number of thiophene rings is 1. The number of aryl methyl sites for hydroxylation is 1. The van der Waals surface area contributed by atoms with Gasteiger partial charge in [0.05, 0.1) is 0 Å². The van der Waals surface area contributed by atoms with Crippen LogP contribution in [0.5, 0.6) is 0 Å². The van der Waals surface area contributed by atoms with Gasteiger partial charge in [-0.25, -0.2) is 0 Å². The molecule has 1 amide bonds. The van der Waals surface area contributed by atoms with Gasteiger partial charge in [-0.15, -0.1) is 11.3 Å². The molecule has 1 atom stereocenters. The number of alkyl halides is 3. The van der Waals surface area contributed by atoms with Crippen LogP contribution in [0.3, 0.4) is 0 Å². The highest BCUT2D eigenvalue weighted by Crippen LogP contribution is 2.37. The molecule has 0 spiro atoms. The molecule has 2 rings (SSSR count). The molecule has 2 aromatic rings. The first-order valence-corrected chi connectivity index (χ1v) is 7.00. The first kappa shape index (κ1) is 16.1. The van der Waals surface area contributed by atoms with Crippen LogP contribution in [0.25, 0.3) is 0 Å². The van der Waals surface area contributed by atoms with Gasteiger partial charge in [-0.2, -0.15) is 28.1 Å². The number of nitrogens with zero attached hydrogens (tertiary/aromatic N) is 3. The summed E-state index contributed by atoms with van der Waals surface area (Å²) in [6.45, 7) is 2.74. The molecule has 0 saturated carbocycles. The molecule has 0 aliphatic carbocycles. The second-order valence-electron chi connectivity index (χ2n) is 4.35. The number of rotatable bonds is 4. The summed E-state index contributed by atoms with van der Waals surface area (Å²) in [5.41, 5.74) is 0. The second kappa shape index (κ2) is 6.26. The molecular weight excluding hydrogens is 319 g/mol. The molecule has 0 fully saturated rings. The number of aromatic nitrogens is 3. The van der Waals surface area contributed by atoms with E-state index in [2.05, 4.69) is 25.6 Å². The summed E-state index contributed by atoms with van der Waals surface area (Å²) in [5, 5.41) is 6.11. The highest BCUT2D eigenvalue weighted by atomic mass is 32.1. The molecule has 0 aromatic carbocycles. The molecule has 0 saturated heterocycles. The van der Waals surface area contributed by atoms with Gasteiger partial charge in [0, 0.05) is 11.8 Å². The van der Waals surface area contributed by atoms with Gasteiger partial charge in [-0.3, -0.25) is 10.1 Å². The Labute approximate surface area is 127 Å². The van der Waals surface area contributed by atoms with Crippen LogP contribution in [0, 0.1) is 6.92 Å². The van der Waals surface area contributed by atoms with Crippen LogP contribution in [0.15, 0.2) is 17.5 Å². The highest BCUT2D eigenvalue weighted by molar-refractivity contribution is 7.10. The first-order chi connectivity index (χ1) is 10.3. The van der Waals surface area contributed by atoms with Gasteiger partial charge in [-0.05, 0) is 18.4 Å². The highest BCUT2D eigenvalue weighted by Gasteiger charge is 2.42. The minimum absolute atomic E-state index is 0.0895. The molecule has 2 N–H and O–H groups in total. The molecule has 6 nitrogen and oxygen atoms in total. The Hall–Kier alpha value is -2.23. The Kier molecular flexibility index (Phi) is 4.59. The summed E-state index contributed by atoms with van der Waals surface area (Å²) in [7, 11) is 0. The molecule has 22 heavy (non-hydrogen) atoms. The topological polar surface area (TPSA) is 79.8 Å². The Morgan fingerprint density at radius 2 is 1.95 bits per heavy atom. The molecule has 0 radical (unpaired) electrons. The monoisotopic (exact) mass is 331 g/mol. The van der Waals surface area contributed by atoms with Crippen LogP contribution in [0.4, 0.5) is 25.1 Å². The Balaban J connectivity index is 2.30. The molecular formula is C12H12F3N5OS. The molecule has 0 aliphatic heterocycles. The minimum atomic E-state index is -4.51. The van der Waals surface area contributed by atoms with E-state index in [1.807, 2.05) is 0 Å². The average Bonchev–Trinajstić information content (AvgIpc) is 2.86. The predicted octanol–water partition coefficient (Wildman–Crippen LogP) is 2.92. The number of hydrogen-bond acceptors (Lipinski definition) is 6. The summed E-state index contributed by atoms with van der Waals surface area (Å²) in [5.74, 6) is -0.600. The van der Waals surface area contributed by atoms with Crippen molar-refractivity contribution in [2.75, 3.05) is 10.6 Å². The lowest BCUT2D eigenvalue weighted by Crippen LogP contribution is -2.28. The second-order valence-corrected chi connectivity index (χ2v) is 5.32. The van der Waals surface area contributed by atoms with Crippen LogP contribution in [-0.2, 0) is 4.79 Å². The molecule has 0 aliphatic rings. The van der Waals surface area contributed by atoms with Crippen molar-refractivity contribution < 1.29 is 18.0 Å². The van der Waals surface area contributed by atoms with Crippen LogP contribution in [0.2, 0.25) is 0 Å². The van der Waals surface area contributed by atoms with Gasteiger partial charge in [0.25, 0.3) is 0 Å². The van der Waals surface area contributed by atoms with Crippen molar-refractivity contribution in [3.63, 3.8) is 0 Å². The smallest absolute Gasteiger partial charge is 0.338 e. The summed E-state index contributed by atoms with van der Waals surface area (Å²) < 4.78 is 39.6. The normalized spacial score (nSPS) is 12.8. The fraction of sp³-hybridized carbons (Fsp3) is 0.333. The van der Waals surface area contributed by atoms with Crippen molar-refractivity contribution in [3.8, 4) is 0 Å². The zero-order valence-electron chi connectivity index (χ0n) is 11.6. The maximum absolute atomic E-state index is 13.2. The van der Waals surface area contributed by atoms with Gasteiger partial charge >= 0.3 is 6.18 Å². The van der Waals surface area contributed by atoms with Gasteiger partial charge in [0.2, 0.25) is 17.8 Å². The van der Waals surface area contributed by atoms with E-state index in [4.69, 9.17) is 0 Å². The fourth-order valence-corrected chi connectivity index (χ4v) is 2.46. The third-order valence-corrected chi connectivity index (χ3v) is 3.40.